The van der Waals surface area contributed by atoms with Crippen LogP contribution in [0.3, 0.4) is 0 Å². The summed E-state index contributed by atoms with van der Waals surface area (Å²) in [6.07, 6.45) is 2.11. The minimum Gasteiger partial charge on any atom is -0.487 e. The summed E-state index contributed by atoms with van der Waals surface area (Å²) in [5, 5.41) is 7.56. The van der Waals surface area contributed by atoms with Gasteiger partial charge in [-0.25, -0.2) is 5.84 Å². The molecule has 3 N–H and O–H groups in total. The molecule has 0 atom stereocenters. The molecule has 2 aromatic rings. The molecule has 0 unspecified atom stereocenters. The molecule has 8 heteroatoms. The zero-order valence-corrected chi connectivity index (χ0v) is 11.2. The van der Waals surface area contributed by atoms with E-state index in [1.165, 1.54) is 9.65 Å². The Morgan fingerprint density at radius 3 is 2.84 bits per heavy atom. The van der Waals surface area contributed by atoms with Gasteiger partial charge in [0, 0.05) is 0 Å². The highest BCUT2D eigenvalue weighted by molar-refractivity contribution is 7.78. The quantitative estimate of drug-likeness (QED) is 0.249. The lowest BCUT2D eigenvalue weighted by molar-refractivity contribution is -0.109. The summed E-state index contributed by atoms with van der Waals surface area (Å²) in [4.78, 5) is 8.94. The number of carbonyl (C=O) groups is 1. The molecular weight excluding hydrogens is 266 g/mol. The molecular formula is C11H15N5O2S. The molecule has 0 aliphatic rings. The van der Waals surface area contributed by atoms with Crippen LogP contribution in [0.5, 0.6) is 5.75 Å². The minimum absolute atomic E-state index is 0.403. The van der Waals surface area contributed by atoms with Crippen LogP contribution in [0.4, 0.5) is 0 Å². The Balaban J connectivity index is 0.000000399. The van der Waals surface area contributed by atoms with Crippen molar-refractivity contribution in [2.75, 3.05) is 0 Å². The highest BCUT2D eigenvalue weighted by Crippen LogP contribution is 2.13. The van der Waals surface area contributed by atoms with Gasteiger partial charge in [0.05, 0.1) is 6.20 Å². The number of aromatic nitrogens is 3. The van der Waals surface area contributed by atoms with Crippen LogP contribution >= 0.6 is 12.8 Å². The Labute approximate surface area is 116 Å². The van der Waals surface area contributed by atoms with Gasteiger partial charge >= 0.3 is 0 Å². The largest absolute Gasteiger partial charge is 0.487 e. The topological polar surface area (TPSA) is 95.1 Å². The van der Waals surface area contributed by atoms with Crippen LogP contribution in [0.1, 0.15) is 11.3 Å². The van der Waals surface area contributed by atoms with Crippen LogP contribution in [0.15, 0.2) is 30.5 Å². The second kappa shape index (κ2) is 8.11. The highest BCUT2D eigenvalue weighted by atomic mass is 32.1. The maximum atomic E-state index is 8.94. The third kappa shape index (κ3) is 5.89. The van der Waals surface area contributed by atoms with E-state index >= 15 is 0 Å². The molecule has 2 rings (SSSR count). The van der Waals surface area contributed by atoms with Gasteiger partial charge in [-0.1, -0.05) is 17.3 Å². The molecule has 0 aliphatic carbocycles. The molecule has 1 aromatic carbocycles. The molecule has 0 spiro atoms. The SMILES string of the molecule is Cc1cccc(OCc2cn(S)nn2)c1.NNC=O. The van der Waals surface area contributed by atoms with Crippen LogP contribution in [-0.2, 0) is 11.4 Å². The van der Waals surface area contributed by atoms with Crippen LogP contribution in [-0.4, -0.2) is 20.8 Å². The van der Waals surface area contributed by atoms with Crippen molar-refractivity contribution in [1.29, 1.82) is 0 Å². The molecule has 1 heterocycles. The van der Waals surface area contributed by atoms with Crippen molar-refractivity contribution in [3.8, 4) is 5.75 Å². The number of rotatable bonds is 4. The average molecular weight is 281 g/mol. The number of thiol groups is 1. The fraction of sp³-hybridized carbons (Fsp3) is 0.182. The van der Waals surface area contributed by atoms with Gasteiger partial charge in [-0.05, 0) is 37.4 Å². The van der Waals surface area contributed by atoms with E-state index in [1.807, 2.05) is 31.2 Å². The Morgan fingerprint density at radius 2 is 2.32 bits per heavy atom. The summed E-state index contributed by atoms with van der Waals surface area (Å²) < 4.78 is 6.89. The monoisotopic (exact) mass is 281 g/mol. The standard InChI is InChI=1S/C10H11N3OS.CH4N2O/c1-8-3-2-4-10(5-8)14-7-9-6-13(15)12-11-9;2-3-1-4/h2-6,15H,7H2,1H3;1H,2H2,(H,3,4). The molecule has 7 nitrogen and oxygen atoms in total. The molecule has 0 fully saturated rings. The molecule has 19 heavy (non-hydrogen) atoms. The number of amides is 1. The van der Waals surface area contributed by atoms with E-state index in [1.54, 1.807) is 11.6 Å². The first kappa shape index (κ1) is 15.0. The predicted molar refractivity (Wildman–Crippen MR) is 73.3 cm³/mol. The number of aryl methyl sites for hydroxylation is 1. The van der Waals surface area contributed by atoms with Crippen LogP contribution in [0.25, 0.3) is 0 Å². The number of nitrogens with zero attached hydrogens (tertiary/aromatic N) is 3. The molecule has 0 saturated heterocycles. The van der Waals surface area contributed by atoms with E-state index in [0.717, 1.165) is 11.4 Å². The first-order valence-corrected chi connectivity index (χ1v) is 5.75. The number of hydrazine groups is 1. The third-order valence-corrected chi connectivity index (χ3v) is 2.17. The highest BCUT2D eigenvalue weighted by Gasteiger charge is 2.00. The Hall–Kier alpha value is -2.06. The molecule has 0 radical (unpaired) electrons. The van der Waals surface area contributed by atoms with Crippen molar-refractivity contribution in [1.82, 2.24) is 19.8 Å². The van der Waals surface area contributed by atoms with Gasteiger partial charge in [0.25, 0.3) is 0 Å². The summed E-state index contributed by atoms with van der Waals surface area (Å²) in [6.45, 7) is 2.43. The van der Waals surface area contributed by atoms with Crippen molar-refractivity contribution < 1.29 is 9.53 Å². The number of nitrogens with one attached hydrogen (secondary N) is 1. The summed E-state index contributed by atoms with van der Waals surface area (Å²) in [5.41, 5.74) is 3.68. The van der Waals surface area contributed by atoms with Crippen molar-refractivity contribution in [2.24, 2.45) is 5.84 Å². The molecule has 0 bridgehead atoms. The van der Waals surface area contributed by atoms with E-state index in [-0.39, 0.29) is 0 Å². The number of ether oxygens (including phenoxy) is 1. The van der Waals surface area contributed by atoms with Crippen molar-refractivity contribution >= 4 is 19.2 Å². The third-order valence-electron chi connectivity index (χ3n) is 1.97. The molecule has 0 aliphatic heterocycles. The Kier molecular flexibility index (Phi) is 6.41. The summed E-state index contributed by atoms with van der Waals surface area (Å²) >= 11 is 3.99. The first-order chi connectivity index (χ1) is 9.15. The average Bonchev–Trinajstić information content (AvgIpc) is 2.83. The van der Waals surface area contributed by atoms with Gasteiger partial charge in [-0.15, -0.1) is 5.10 Å². The Bertz CT molecular complexity index is 517. The van der Waals surface area contributed by atoms with Crippen molar-refractivity contribution in [3.63, 3.8) is 0 Å². The number of benzene rings is 1. The lowest BCUT2D eigenvalue weighted by Gasteiger charge is -2.03. The smallest absolute Gasteiger partial charge is 0.221 e. The van der Waals surface area contributed by atoms with Gasteiger partial charge in [0.1, 0.15) is 18.1 Å². The van der Waals surface area contributed by atoms with Gasteiger partial charge < -0.3 is 4.74 Å². The first-order valence-electron chi connectivity index (χ1n) is 5.35. The molecule has 0 saturated carbocycles. The predicted octanol–water partition coefficient (Wildman–Crippen LogP) is 0.465. The Morgan fingerprint density at radius 1 is 1.58 bits per heavy atom. The van der Waals surface area contributed by atoms with Crippen molar-refractivity contribution in [3.05, 3.63) is 41.7 Å². The lowest BCUT2D eigenvalue weighted by atomic mass is 10.2. The normalized spacial score (nSPS) is 9.21. The van der Waals surface area contributed by atoms with E-state index in [4.69, 9.17) is 9.53 Å². The van der Waals surface area contributed by atoms with Crippen molar-refractivity contribution in [2.45, 2.75) is 13.5 Å². The van der Waals surface area contributed by atoms with E-state index in [0.29, 0.717) is 13.0 Å². The maximum Gasteiger partial charge on any atom is 0.221 e. The fourth-order valence-corrected chi connectivity index (χ4v) is 1.39. The van der Waals surface area contributed by atoms with E-state index < -0.39 is 0 Å². The zero-order chi connectivity index (χ0) is 14.1. The number of hydrogen-bond donors (Lipinski definition) is 3. The van der Waals surface area contributed by atoms with Gasteiger partial charge in [0.2, 0.25) is 6.41 Å². The lowest BCUT2D eigenvalue weighted by Crippen LogP contribution is -2.18. The second-order valence-electron chi connectivity index (χ2n) is 3.52. The van der Waals surface area contributed by atoms with Crippen LogP contribution < -0.4 is 16.0 Å². The zero-order valence-electron chi connectivity index (χ0n) is 10.4. The molecule has 1 aromatic heterocycles. The summed E-state index contributed by atoms with van der Waals surface area (Å²) in [7, 11) is 0. The number of carbonyl (C=O) groups excluding carboxylic acids is 1. The second-order valence-corrected chi connectivity index (χ2v) is 3.93. The maximum absolute atomic E-state index is 8.94. The molecule has 102 valence electrons. The van der Waals surface area contributed by atoms with Gasteiger partial charge in [-0.2, -0.15) is 4.09 Å². The minimum atomic E-state index is 0.403. The number of hydrogen-bond acceptors (Lipinski definition) is 6. The summed E-state index contributed by atoms with van der Waals surface area (Å²) in [6, 6.07) is 7.88. The summed E-state index contributed by atoms with van der Waals surface area (Å²) in [5.74, 6) is 5.25. The van der Waals surface area contributed by atoms with Gasteiger partial charge in [0.15, 0.2) is 0 Å². The number of nitrogens with two attached hydrogens (primary N) is 1. The molecule has 1 amide bonds. The van der Waals surface area contributed by atoms with E-state index in [2.05, 4.69) is 29.0 Å². The van der Waals surface area contributed by atoms with Crippen LogP contribution in [0.2, 0.25) is 0 Å². The fourth-order valence-electron chi connectivity index (χ4n) is 1.22. The van der Waals surface area contributed by atoms with E-state index in [9.17, 15) is 0 Å². The van der Waals surface area contributed by atoms with Gasteiger partial charge in [-0.3, -0.25) is 10.2 Å². The van der Waals surface area contributed by atoms with Crippen LogP contribution in [0, 0.1) is 6.92 Å².